The van der Waals surface area contributed by atoms with Crippen molar-refractivity contribution < 1.29 is 14.6 Å². The SMILES string of the molecule is COc1ccc(Cl)c(Nc2cc(C(=O)O)c(N)cn2)c1. The molecule has 4 N–H and O–H groups in total. The van der Waals surface area contributed by atoms with Gasteiger partial charge in [0.05, 0.1) is 35.3 Å². The first-order valence-corrected chi connectivity index (χ1v) is 5.98. The van der Waals surface area contributed by atoms with Gasteiger partial charge >= 0.3 is 5.97 Å². The number of nitrogens with two attached hydrogens (primary N) is 1. The number of methoxy groups -OCH3 is 1. The molecule has 1 heterocycles. The predicted molar refractivity (Wildman–Crippen MR) is 76.9 cm³/mol. The van der Waals surface area contributed by atoms with Gasteiger partial charge in [-0.15, -0.1) is 0 Å². The fraction of sp³-hybridized carbons (Fsp3) is 0.0769. The average molecular weight is 294 g/mol. The van der Waals surface area contributed by atoms with Gasteiger partial charge in [-0.1, -0.05) is 11.6 Å². The Morgan fingerprint density at radius 3 is 2.85 bits per heavy atom. The summed E-state index contributed by atoms with van der Waals surface area (Å²) in [5.74, 6) is -0.178. The van der Waals surface area contributed by atoms with Crippen molar-refractivity contribution in [1.29, 1.82) is 0 Å². The van der Waals surface area contributed by atoms with Crippen LogP contribution in [-0.2, 0) is 0 Å². The molecule has 0 spiro atoms. The van der Waals surface area contributed by atoms with Gasteiger partial charge in [-0.05, 0) is 18.2 Å². The highest BCUT2D eigenvalue weighted by Gasteiger charge is 2.11. The molecule has 0 bridgehead atoms. The zero-order valence-electron chi connectivity index (χ0n) is 10.6. The van der Waals surface area contributed by atoms with Gasteiger partial charge in [0.2, 0.25) is 0 Å². The van der Waals surface area contributed by atoms with Crippen LogP contribution in [0.3, 0.4) is 0 Å². The summed E-state index contributed by atoms with van der Waals surface area (Å²) in [5.41, 5.74) is 6.17. The van der Waals surface area contributed by atoms with Crippen LogP contribution in [0.5, 0.6) is 5.75 Å². The number of ether oxygens (including phenoxy) is 1. The van der Waals surface area contributed by atoms with E-state index in [0.717, 1.165) is 0 Å². The zero-order chi connectivity index (χ0) is 14.7. The number of hydrogen-bond acceptors (Lipinski definition) is 5. The van der Waals surface area contributed by atoms with Crippen molar-refractivity contribution in [3.8, 4) is 5.75 Å². The van der Waals surface area contributed by atoms with Gasteiger partial charge in [0.15, 0.2) is 0 Å². The van der Waals surface area contributed by atoms with Crippen molar-refractivity contribution in [2.45, 2.75) is 0 Å². The summed E-state index contributed by atoms with van der Waals surface area (Å²) in [4.78, 5) is 15.0. The second kappa shape index (κ2) is 5.66. The second-order valence-electron chi connectivity index (χ2n) is 3.93. The molecular formula is C13H12ClN3O3. The predicted octanol–water partition coefficient (Wildman–Crippen LogP) is 2.77. The van der Waals surface area contributed by atoms with Crippen LogP contribution in [0.1, 0.15) is 10.4 Å². The number of aromatic nitrogens is 1. The third-order valence-electron chi connectivity index (χ3n) is 2.60. The highest BCUT2D eigenvalue weighted by atomic mass is 35.5. The number of nitrogen functional groups attached to an aromatic ring is 1. The van der Waals surface area contributed by atoms with E-state index in [1.54, 1.807) is 18.2 Å². The summed E-state index contributed by atoms with van der Waals surface area (Å²) < 4.78 is 5.10. The molecule has 0 unspecified atom stereocenters. The van der Waals surface area contributed by atoms with Crippen LogP contribution in [0, 0.1) is 0 Å². The van der Waals surface area contributed by atoms with Crippen LogP contribution >= 0.6 is 11.6 Å². The maximum atomic E-state index is 11.0. The lowest BCUT2D eigenvalue weighted by atomic mass is 10.2. The smallest absolute Gasteiger partial charge is 0.337 e. The molecule has 0 aliphatic carbocycles. The molecule has 0 saturated heterocycles. The largest absolute Gasteiger partial charge is 0.497 e. The summed E-state index contributed by atoms with van der Waals surface area (Å²) in [7, 11) is 1.54. The Labute approximate surface area is 120 Å². The molecule has 6 nitrogen and oxygen atoms in total. The van der Waals surface area contributed by atoms with E-state index in [9.17, 15) is 4.79 Å². The molecule has 20 heavy (non-hydrogen) atoms. The van der Waals surface area contributed by atoms with E-state index < -0.39 is 5.97 Å². The summed E-state index contributed by atoms with van der Waals surface area (Å²) in [6.45, 7) is 0. The van der Waals surface area contributed by atoms with Crippen molar-refractivity contribution in [3.63, 3.8) is 0 Å². The van der Waals surface area contributed by atoms with Crippen molar-refractivity contribution in [2.75, 3.05) is 18.2 Å². The Morgan fingerprint density at radius 1 is 1.45 bits per heavy atom. The monoisotopic (exact) mass is 293 g/mol. The number of anilines is 3. The van der Waals surface area contributed by atoms with Crippen molar-refractivity contribution in [1.82, 2.24) is 4.98 Å². The fourth-order valence-corrected chi connectivity index (χ4v) is 1.75. The molecule has 0 atom stereocenters. The van der Waals surface area contributed by atoms with Crippen LogP contribution in [0.2, 0.25) is 5.02 Å². The molecule has 1 aromatic heterocycles. The Morgan fingerprint density at radius 2 is 2.20 bits per heavy atom. The second-order valence-corrected chi connectivity index (χ2v) is 4.34. The maximum Gasteiger partial charge on any atom is 0.337 e. The number of carboxylic acids is 1. The number of nitrogens with one attached hydrogen (secondary N) is 1. The van der Waals surface area contributed by atoms with Crippen molar-refractivity contribution in [3.05, 3.63) is 41.0 Å². The van der Waals surface area contributed by atoms with Crippen LogP contribution in [-0.4, -0.2) is 23.2 Å². The minimum absolute atomic E-state index is 0.0264. The molecule has 0 amide bonds. The maximum absolute atomic E-state index is 11.0. The van der Waals surface area contributed by atoms with Gasteiger partial charge in [0.1, 0.15) is 11.6 Å². The Bertz CT molecular complexity index is 661. The first-order valence-electron chi connectivity index (χ1n) is 5.60. The van der Waals surface area contributed by atoms with Gasteiger partial charge in [-0.3, -0.25) is 0 Å². The lowest BCUT2D eigenvalue weighted by Crippen LogP contribution is -2.05. The summed E-state index contributed by atoms with van der Waals surface area (Å²) in [6, 6.07) is 6.40. The molecule has 0 fully saturated rings. The van der Waals surface area contributed by atoms with E-state index in [1.165, 1.54) is 19.4 Å². The number of nitrogens with zero attached hydrogens (tertiary/aromatic N) is 1. The van der Waals surface area contributed by atoms with E-state index in [1.807, 2.05) is 0 Å². The lowest BCUT2D eigenvalue weighted by molar-refractivity contribution is 0.0698. The number of hydrogen-bond donors (Lipinski definition) is 3. The Balaban J connectivity index is 2.35. The molecular weight excluding hydrogens is 282 g/mol. The topological polar surface area (TPSA) is 97.5 Å². The Hall–Kier alpha value is -2.47. The van der Waals surface area contributed by atoms with Gasteiger partial charge in [0, 0.05) is 6.07 Å². The van der Waals surface area contributed by atoms with E-state index in [-0.39, 0.29) is 11.3 Å². The molecule has 1 aromatic carbocycles. The van der Waals surface area contributed by atoms with Crippen LogP contribution in [0.25, 0.3) is 0 Å². The number of carboxylic acid groups (broad SMARTS) is 1. The van der Waals surface area contributed by atoms with Crippen LogP contribution in [0.15, 0.2) is 30.5 Å². The molecule has 0 saturated carbocycles. The molecule has 2 rings (SSSR count). The number of pyridine rings is 1. The number of aromatic carboxylic acids is 1. The van der Waals surface area contributed by atoms with E-state index in [0.29, 0.717) is 22.3 Å². The average Bonchev–Trinajstić information content (AvgIpc) is 2.43. The molecule has 2 aromatic rings. The summed E-state index contributed by atoms with van der Waals surface area (Å²) in [6.07, 6.45) is 1.28. The first kappa shape index (κ1) is 14.0. The van der Waals surface area contributed by atoms with E-state index in [4.69, 9.17) is 27.2 Å². The van der Waals surface area contributed by atoms with Crippen molar-refractivity contribution >= 4 is 34.8 Å². The standard InChI is InChI=1S/C13H12ClN3O3/c1-20-7-2-3-9(14)11(4-7)17-12-5-8(13(18)19)10(15)6-16-12/h2-6H,15H2,1H3,(H,16,17)(H,18,19). The van der Waals surface area contributed by atoms with Gasteiger partial charge < -0.3 is 20.9 Å². The third kappa shape index (κ3) is 2.92. The minimum atomic E-state index is -1.12. The highest BCUT2D eigenvalue weighted by Crippen LogP contribution is 2.29. The fourth-order valence-electron chi connectivity index (χ4n) is 1.58. The van der Waals surface area contributed by atoms with Crippen molar-refractivity contribution in [2.24, 2.45) is 0 Å². The minimum Gasteiger partial charge on any atom is -0.497 e. The normalized spacial score (nSPS) is 10.1. The van der Waals surface area contributed by atoms with Gasteiger partial charge in [-0.25, -0.2) is 9.78 Å². The number of benzene rings is 1. The quantitative estimate of drug-likeness (QED) is 0.802. The molecule has 104 valence electrons. The first-order chi connectivity index (χ1) is 9.51. The molecule has 0 aliphatic heterocycles. The molecule has 0 radical (unpaired) electrons. The van der Waals surface area contributed by atoms with Gasteiger partial charge in [-0.2, -0.15) is 0 Å². The molecule has 0 aliphatic rings. The third-order valence-corrected chi connectivity index (χ3v) is 2.93. The zero-order valence-corrected chi connectivity index (χ0v) is 11.3. The number of rotatable bonds is 4. The van der Waals surface area contributed by atoms with Gasteiger partial charge in [0.25, 0.3) is 0 Å². The Kier molecular flexibility index (Phi) is 3.95. The lowest BCUT2D eigenvalue weighted by Gasteiger charge is -2.10. The number of carbonyl (C=O) groups is 1. The summed E-state index contributed by atoms with van der Waals surface area (Å²) in [5, 5.41) is 12.4. The molecule has 7 heteroatoms. The van der Waals surface area contributed by atoms with E-state index in [2.05, 4.69) is 10.3 Å². The number of halogens is 1. The van der Waals surface area contributed by atoms with Crippen LogP contribution in [0.4, 0.5) is 17.2 Å². The van der Waals surface area contributed by atoms with Crippen LogP contribution < -0.4 is 15.8 Å². The summed E-state index contributed by atoms with van der Waals surface area (Å²) >= 11 is 6.05. The highest BCUT2D eigenvalue weighted by molar-refractivity contribution is 6.33. The van der Waals surface area contributed by atoms with E-state index >= 15 is 0 Å².